The molecule has 0 saturated carbocycles. The fraction of sp³-hybridized carbons (Fsp3) is 0.949. The lowest BCUT2D eigenvalue weighted by atomic mass is 9.87. The molecule has 6 aliphatic rings. The second kappa shape index (κ2) is 24.1. The smallest absolute Gasteiger partial charge is 0.193 e. The van der Waals surface area contributed by atoms with Crippen molar-refractivity contribution in [2.75, 3.05) is 20.0 Å². The monoisotopic (exact) mass is 1190 g/mol. The van der Waals surface area contributed by atoms with E-state index in [1.54, 1.807) is 0 Å². The van der Waals surface area contributed by atoms with Crippen LogP contribution in [0.3, 0.4) is 0 Å². The minimum absolute atomic E-state index is 0.00519. The van der Waals surface area contributed by atoms with Gasteiger partial charge in [-0.25, -0.2) is 0 Å². The molecule has 6 aliphatic heterocycles. The van der Waals surface area contributed by atoms with E-state index in [4.69, 9.17) is 76.7 Å². The third-order valence-electron chi connectivity index (χ3n) is 18.3. The molecule has 6 heterocycles. The van der Waals surface area contributed by atoms with Gasteiger partial charge in [-0.3, -0.25) is 0 Å². The maximum atomic E-state index is 12.7. The molecule has 0 N–H and O–H groups in total. The van der Waals surface area contributed by atoms with Crippen LogP contribution >= 0.6 is 0 Å². The molecule has 0 aromatic carbocycles. The van der Waals surface area contributed by atoms with Crippen LogP contribution in [0.15, 0.2) is 12.2 Å². The van der Waals surface area contributed by atoms with E-state index < -0.39 is 142 Å². The van der Waals surface area contributed by atoms with Gasteiger partial charge in [0.25, 0.3) is 0 Å². The topological polar surface area (TPSA) is 156 Å². The van der Waals surface area contributed by atoms with E-state index in [0.717, 1.165) is 17.9 Å². The highest BCUT2D eigenvalue weighted by molar-refractivity contribution is 6.76. The zero-order chi connectivity index (χ0) is 59.7. The molecule has 0 radical (unpaired) electrons. The number of fused-ring (bicyclic) bond motifs is 2. The van der Waals surface area contributed by atoms with E-state index in [0.29, 0.717) is 38.9 Å². The van der Waals surface area contributed by atoms with Crippen LogP contribution in [-0.4, -0.2) is 174 Å². The first-order chi connectivity index (χ1) is 35.7. The van der Waals surface area contributed by atoms with Crippen LogP contribution in [-0.2, 0) is 74.9 Å². The molecule has 0 amide bonds. The average molecular weight is 1190 g/mol. The molecular weight excluding hydrogens is 1080 g/mol. The molecule has 0 unspecified atom stereocenters. The highest BCUT2D eigenvalue weighted by Crippen LogP contribution is 2.49. The summed E-state index contributed by atoms with van der Waals surface area (Å²) in [4.78, 5) is 12.7. The summed E-state index contributed by atoms with van der Waals surface area (Å²) in [5.74, 6) is -3.70. The van der Waals surface area contributed by atoms with Crippen LogP contribution in [0, 0.1) is 0 Å². The molecule has 6 fully saturated rings. The molecule has 79 heavy (non-hydrogen) atoms. The Bertz CT molecular complexity index is 2050. The standard InChI is InChI=1S/C59H112O16Si4/c1-37(28-29-38(74-78(24,25)54(5,6)7)39-32-41-47(70-56(11,12)66-41)52(64-39)50-44(69-59(17,18)73-50)35-63-77(22,23)53(2,3)4)45(75-79(26,27)55(8,9)10)46(62-36-61-30-31-76(19,20)21)40-33-42-48(71-57(13,14)67-42)51(65-40)49-43(34-60)68-58(15,16)72-49/h34,38-52H,1,28-33,35-36H2,2-27H3/t38-,39-,40-,41-,42-,43+,44-,45-,46+,47-,48-,49+,50-,51-,52-/m1/s1. The molecule has 16 nitrogen and oxygen atoms in total. The highest BCUT2D eigenvalue weighted by Gasteiger charge is 2.61. The Morgan fingerprint density at radius 2 is 1.04 bits per heavy atom. The zero-order valence-corrected chi connectivity index (χ0v) is 58.1. The lowest BCUT2D eigenvalue weighted by Crippen LogP contribution is -2.60. The summed E-state index contributed by atoms with van der Waals surface area (Å²) >= 11 is 0. The lowest BCUT2D eigenvalue weighted by molar-refractivity contribution is -0.237. The Morgan fingerprint density at radius 1 is 0.582 bits per heavy atom. The summed E-state index contributed by atoms with van der Waals surface area (Å²) in [6.45, 7) is 62.1. The summed E-state index contributed by atoms with van der Waals surface area (Å²) in [6, 6.07) is 0.977. The second-order valence-corrected chi connectivity index (χ2v) is 51.3. The average Bonchev–Trinajstić information content (AvgIpc) is 4.01. The fourth-order valence-electron chi connectivity index (χ4n) is 10.9. The zero-order valence-electron chi connectivity index (χ0n) is 54.1. The van der Waals surface area contributed by atoms with Crippen molar-refractivity contribution in [3.8, 4) is 0 Å². The van der Waals surface area contributed by atoms with Gasteiger partial charge in [-0.15, -0.1) is 0 Å². The van der Waals surface area contributed by atoms with E-state index in [-0.39, 0.29) is 28.0 Å². The summed E-state index contributed by atoms with van der Waals surface area (Å²) in [7, 11) is -8.69. The van der Waals surface area contributed by atoms with Gasteiger partial charge in [-0.05, 0) is 134 Å². The van der Waals surface area contributed by atoms with Crippen LogP contribution in [0.1, 0.15) is 143 Å². The van der Waals surface area contributed by atoms with Crippen molar-refractivity contribution in [3.05, 3.63) is 12.2 Å². The van der Waals surface area contributed by atoms with E-state index in [1.165, 1.54) is 0 Å². The van der Waals surface area contributed by atoms with Crippen LogP contribution in [0.4, 0.5) is 0 Å². The molecule has 0 aromatic rings. The third-order valence-corrected chi connectivity index (χ3v) is 33.5. The van der Waals surface area contributed by atoms with Crippen molar-refractivity contribution >= 4 is 39.3 Å². The maximum absolute atomic E-state index is 12.7. The Labute approximate surface area is 482 Å². The highest BCUT2D eigenvalue weighted by atomic mass is 28.4. The molecule has 15 atom stereocenters. The first-order valence-electron chi connectivity index (χ1n) is 29.7. The Morgan fingerprint density at radius 3 is 1.56 bits per heavy atom. The first-order valence-corrected chi connectivity index (χ1v) is 42.2. The third kappa shape index (κ3) is 16.8. The maximum Gasteiger partial charge on any atom is 0.193 e. The van der Waals surface area contributed by atoms with Crippen molar-refractivity contribution in [1.29, 1.82) is 0 Å². The molecule has 0 aliphatic carbocycles. The molecule has 0 spiro atoms. The quantitative estimate of drug-likeness (QED) is 0.0313. The second-order valence-electron chi connectivity index (χ2n) is 31.3. The van der Waals surface area contributed by atoms with Gasteiger partial charge in [0.2, 0.25) is 0 Å². The van der Waals surface area contributed by atoms with Gasteiger partial charge < -0.3 is 74.9 Å². The predicted octanol–water partition coefficient (Wildman–Crippen LogP) is 12.4. The largest absolute Gasteiger partial charge is 0.414 e. The Hall–Kier alpha value is -0.322. The SMILES string of the molecule is C=C(CC[C@@H](O[Si](C)(C)C(C)(C)C)[C@H]1C[C@H]2OC(C)(C)O[C@H]2[C@H]([C@@H]2OC(C)(C)O[C@@H]2CO[Si](C)(C)C(C)(C)C)O1)[C@@H](O[Si](C)(C)C(C)(C)C)[C@@H](OCOCC[Si](C)(C)C)[C@H]1C[C@H]2OC(C)(C)O[C@H]2[C@H]([C@H]2OC(C)(C)O[C@H]2C=O)O1. The summed E-state index contributed by atoms with van der Waals surface area (Å²) in [5.41, 5.74) is 0.836. The first kappa shape index (κ1) is 67.8. The van der Waals surface area contributed by atoms with Crippen LogP contribution in [0.25, 0.3) is 0 Å². The predicted molar refractivity (Wildman–Crippen MR) is 317 cm³/mol. The summed E-state index contributed by atoms with van der Waals surface area (Å²) in [5, 5.41) is -0.296. The van der Waals surface area contributed by atoms with Crippen molar-refractivity contribution in [2.24, 2.45) is 0 Å². The van der Waals surface area contributed by atoms with Crippen LogP contribution in [0.2, 0.25) is 80.1 Å². The molecule has 0 bridgehead atoms. The Kier molecular flexibility index (Phi) is 20.7. The van der Waals surface area contributed by atoms with Gasteiger partial charge >= 0.3 is 0 Å². The molecular formula is C59H112O16Si4. The molecule has 460 valence electrons. The van der Waals surface area contributed by atoms with E-state index >= 15 is 0 Å². The van der Waals surface area contributed by atoms with Crippen LogP contribution < -0.4 is 0 Å². The number of ether oxygens (including phenoxy) is 12. The van der Waals surface area contributed by atoms with Crippen molar-refractivity contribution in [2.45, 2.75) is 338 Å². The molecule has 6 saturated heterocycles. The molecule has 0 aromatic heterocycles. The number of hydrogen-bond acceptors (Lipinski definition) is 16. The van der Waals surface area contributed by atoms with Gasteiger partial charge in [-0.1, -0.05) is 88.5 Å². The number of rotatable bonds is 23. The van der Waals surface area contributed by atoms with Crippen molar-refractivity contribution in [3.63, 3.8) is 0 Å². The van der Waals surface area contributed by atoms with Crippen molar-refractivity contribution in [1.82, 2.24) is 0 Å². The fourth-order valence-corrected chi connectivity index (χ4v) is 15.3. The van der Waals surface area contributed by atoms with Gasteiger partial charge in [0, 0.05) is 27.5 Å². The number of aldehydes is 1. The number of hydrogen-bond donors (Lipinski definition) is 0. The van der Waals surface area contributed by atoms with E-state index in [1.807, 2.05) is 55.4 Å². The van der Waals surface area contributed by atoms with E-state index in [2.05, 4.69) is 121 Å². The van der Waals surface area contributed by atoms with Gasteiger partial charge in [0.05, 0.1) is 43.2 Å². The summed E-state index contributed by atoms with van der Waals surface area (Å²) in [6.07, 6.45) is -5.66. The van der Waals surface area contributed by atoms with Gasteiger partial charge in [0.15, 0.2) is 54.4 Å². The summed E-state index contributed by atoms with van der Waals surface area (Å²) < 4.78 is 103. The normalized spacial score (nSPS) is 34.3. The molecule has 6 rings (SSSR count). The minimum Gasteiger partial charge on any atom is -0.414 e. The van der Waals surface area contributed by atoms with Crippen LogP contribution in [0.5, 0.6) is 0 Å². The van der Waals surface area contributed by atoms with Gasteiger partial charge in [-0.2, -0.15) is 0 Å². The van der Waals surface area contributed by atoms with Gasteiger partial charge in [0.1, 0.15) is 61.7 Å². The minimum atomic E-state index is -2.61. The number of carbonyl (C=O) groups is 1. The lowest BCUT2D eigenvalue weighted by Gasteiger charge is -2.47. The molecule has 20 heteroatoms. The van der Waals surface area contributed by atoms with Crippen molar-refractivity contribution < 1.29 is 74.9 Å². The number of carbonyl (C=O) groups excluding carboxylic acids is 1. The van der Waals surface area contributed by atoms with E-state index in [9.17, 15) is 4.79 Å². The Balaban J connectivity index is 1.39.